The van der Waals surface area contributed by atoms with Crippen LogP contribution < -0.4 is 0 Å². The Morgan fingerprint density at radius 1 is 1.55 bits per heavy atom. The summed E-state index contributed by atoms with van der Waals surface area (Å²) in [4.78, 5) is 10.6. The van der Waals surface area contributed by atoms with Gasteiger partial charge in [0.15, 0.2) is 5.60 Å². The van der Waals surface area contributed by atoms with Crippen molar-refractivity contribution in [2.75, 3.05) is 13.2 Å². The average molecular weight is 158 g/mol. The molecule has 2 heterocycles. The first kappa shape index (κ1) is 7.06. The van der Waals surface area contributed by atoms with E-state index in [4.69, 9.17) is 14.9 Å². The van der Waals surface area contributed by atoms with Crippen molar-refractivity contribution in [3.8, 4) is 0 Å². The molecule has 0 aromatic rings. The highest BCUT2D eigenvalue weighted by Crippen LogP contribution is 2.57. The number of aliphatic hydroxyl groups is 1. The second-order valence-electron chi connectivity index (χ2n) is 3.60. The molecule has 11 heavy (non-hydrogen) atoms. The van der Waals surface area contributed by atoms with Gasteiger partial charge in [0.2, 0.25) is 0 Å². The second kappa shape index (κ2) is 1.76. The summed E-state index contributed by atoms with van der Waals surface area (Å²) in [5.74, 6) is -0.890. The van der Waals surface area contributed by atoms with Crippen molar-refractivity contribution in [1.29, 1.82) is 0 Å². The number of fused-ring (bicyclic) bond motifs is 1. The van der Waals surface area contributed by atoms with Crippen molar-refractivity contribution in [3.63, 3.8) is 0 Å². The monoisotopic (exact) mass is 158 g/mol. The van der Waals surface area contributed by atoms with Gasteiger partial charge in [0.05, 0.1) is 13.2 Å². The van der Waals surface area contributed by atoms with E-state index < -0.39 is 11.6 Å². The largest absolute Gasteiger partial charge is 0.479 e. The molecule has 0 spiro atoms. The molecule has 4 heteroatoms. The van der Waals surface area contributed by atoms with E-state index in [2.05, 4.69) is 0 Å². The van der Waals surface area contributed by atoms with Crippen LogP contribution in [0.4, 0.5) is 0 Å². The van der Waals surface area contributed by atoms with Crippen LogP contribution in [-0.2, 0) is 9.53 Å². The van der Waals surface area contributed by atoms with Crippen molar-refractivity contribution in [1.82, 2.24) is 0 Å². The number of rotatable bonds is 2. The Labute approximate surface area is 63.8 Å². The molecule has 3 aliphatic rings. The lowest BCUT2D eigenvalue weighted by molar-refractivity contribution is -0.165. The summed E-state index contributed by atoms with van der Waals surface area (Å²) >= 11 is 0. The molecule has 1 aliphatic carbocycles. The third-order valence-electron chi connectivity index (χ3n) is 2.70. The Morgan fingerprint density at radius 3 is 2.45 bits per heavy atom. The summed E-state index contributed by atoms with van der Waals surface area (Å²) in [6, 6.07) is 0. The summed E-state index contributed by atoms with van der Waals surface area (Å²) in [5, 5.41) is 17.6. The summed E-state index contributed by atoms with van der Waals surface area (Å²) < 4.78 is 5.11. The van der Waals surface area contributed by atoms with Gasteiger partial charge in [0.1, 0.15) is 0 Å². The summed E-state index contributed by atoms with van der Waals surface area (Å²) in [5.41, 5.74) is -1.17. The standard InChI is InChI=1S/C7H10O4/c8-3-6-1-7(2-6,5(9)10)11-4-6/h8H,1-4H2,(H,9,10). The van der Waals surface area contributed by atoms with Gasteiger partial charge in [-0.1, -0.05) is 0 Å². The average Bonchev–Trinajstić information content (AvgIpc) is 2.39. The zero-order chi connectivity index (χ0) is 8.11. The van der Waals surface area contributed by atoms with E-state index in [1.807, 2.05) is 0 Å². The van der Waals surface area contributed by atoms with Gasteiger partial charge < -0.3 is 14.9 Å². The molecule has 4 nitrogen and oxygen atoms in total. The quantitative estimate of drug-likeness (QED) is 0.574. The SMILES string of the molecule is O=C(O)C12CC(CO)(CO1)C2. The van der Waals surface area contributed by atoms with E-state index in [1.165, 1.54) is 0 Å². The number of aliphatic carboxylic acids is 1. The Morgan fingerprint density at radius 2 is 2.18 bits per heavy atom. The van der Waals surface area contributed by atoms with Crippen LogP contribution in [0, 0.1) is 5.41 Å². The first-order valence-corrected chi connectivity index (χ1v) is 3.61. The van der Waals surface area contributed by atoms with Gasteiger partial charge in [-0.2, -0.15) is 0 Å². The highest BCUT2D eigenvalue weighted by Gasteiger charge is 2.66. The maximum atomic E-state index is 10.6. The highest BCUT2D eigenvalue weighted by molar-refractivity contribution is 5.80. The van der Waals surface area contributed by atoms with Crippen LogP contribution in [0.25, 0.3) is 0 Å². The van der Waals surface area contributed by atoms with Crippen LogP contribution in [0.1, 0.15) is 12.8 Å². The molecule has 0 radical (unpaired) electrons. The number of carboxylic acid groups (broad SMARTS) is 1. The van der Waals surface area contributed by atoms with Crippen LogP contribution in [0.5, 0.6) is 0 Å². The maximum Gasteiger partial charge on any atom is 0.336 e. The van der Waals surface area contributed by atoms with Gasteiger partial charge in [-0.25, -0.2) is 4.79 Å². The van der Waals surface area contributed by atoms with Gasteiger partial charge in [0.25, 0.3) is 0 Å². The molecule has 2 saturated heterocycles. The molecular formula is C7H10O4. The molecule has 0 aromatic carbocycles. The molecule has 0 unspecified atom stereocenters. The summed E-state index contributed by atoms with van der Waals surface area (Å²) in [6.45, 7) is 0.442. The van der Waals surface area contributed by atoms with Gasteiger partial charge >= 0.3 is 5.97 Å². The first-order valence-electron chi connectivity index (χ1n) is 3.61. The van der Waals surface area contributed by atoms with Gasteiger partial charge in [-0.3, -0.25) is 0 Å². The van der Waals surface area contributed by atoms with E-state index in [0.29, 0.717) is 19.4 Å². The Bertz CT molecular complexity index is 204. The topological polar surface area (TPSA) is 66.8 Å². The van der Waals surface area contributed by atoms with Crippen molar-refractivity contribution in [2.45, 2.75) is 18.4 Å². The maximum absolute atomic E-state index is 10.6. The Balaban J connectivity index is 2.14. The van der Waals surface area contributed by atoms with Crippen LogP contribution >= 0.6 is 0 Å². The van der Waals surface area contributed by atoms with Crippen LogP contribution in [0.3, 0.4) is 0 Å². The van der Waals surface area contributed by atoms with E-state index in [-0.39, 0.29) is 12.0 Å². The normalized spacial score (nSPS) is 47.0. The molecule has 0 atom stereocenters. The third kappa shape index (κ3) is 0.684. The molecule has 3 fully saturated rings. The fourth-order valence-corrected chi connectivity index (χ4v) is 2.03. The van der Waals surface area contributed by atoms with Crippen molar-refractivity contribution in [2.24, 2.45) is 5.41 Å². The molecule has 62 valence electrons. The fraction of sp³-hybridized carbons (Fsp3) is 0.857. The molecule has 2 bridgehead atoms. The Hall–Kier alpha value is -0.610. The number of carboxylic acids is 1. The molecule has 1 saturated carbocycles. The zero-order valence-electron chi connectivity index (χ0n) is 6.04. The Kier molecular flexibility index (Phi) is 1.13. The zero-order valence-corrected chi connectivity index (χ0v) is 6.04. The predicted octanol–water partition coefficient (Wildman–Crippen LogP) is -0.388. The van der Waals surface area contributed by atoms with Crippen molar-refractivity contribution in [3.05, 3.63) is 0 Å². The van der Waals surface area contributed by atoms with Crippen LogP contribution in [0.2, 0.25) is 0 Å². The smallest absolute Gasteiger partial charge is 0.336 e. The van der Waals surface area contributed by atoms with Gasteiger partial charge in [-0.05, 0) is 12.8 Å². The number of ether oxygens (including phenoxy) is 1. The van der Waals surface area contributed by atoms with Crippen molar-refractivity contribution < 1.29 is 19.7 Å². The van der Waals surface area contributed by atoms with E-state index in [1.54, 1.807) is 0 Å². The molecule has 0 aromatic heterocycles. The lowest BCUT2D eigenvalue weighted by atomic mass is 9.63. The van der Waals surface area contributed by atoms with Gasteiger partial charge in [0, 0.05) is 5.41 Å². The van der Waals surface area contributed by atoms with Gasteiger partial charge in [-0.15, -0.1) is 0 Å². The number of hydrogen-bond donors (Lipinski definition) is 2. The minimum atomic E-state index is -0.942. The molecule has 3 rings (SSSR count). The lowest BCUT2D eigenvalue weighted by Gasteiger charge is -2.40. The fourth-order valence-electron chi connectivity index (χ4n) is 2.03. The summed E-state index contributed by atoms with van der Waals surface area (Å²) in [7, 11) is 0. The van der Waals surface area contributed by atoms with Crippen LogP contribution in [0.15, 0.2) is 0 Å². The highest BCUT2D eigenvalue weighted by atomic mass is 16.5. The number of hydrogen-bond acceptors (Lipinski definition) is 3. The predicted molar refractivity (Wildman–Crippen MR) is 35.1 cm³/mol. The lowest BCUT2D eigenvalue weighted by Crippen LogP contribution is -2.51. The third-order valence-corrected chi connectivity index (χ3v) is 2.70. The van der Waals surface area contributed by atoms with E-state index >= 15 is 0 Å². The molecular weight excluding hydrogens is 148 g/mol. The molecule has 2 aliphatic heterocycles. The minimum Gasteiger partial charge on any atom is -0.479 e. The molecule has 0 amide bonds. The van der Waals surface area contributed by atoms with E-state index in [0.717, 1.165) is 0 Å². The molecule has 2 N–H and O–H groups in total. The van der Waals surface area contributed by atoms with Crippen LogP contribution in [-0.4, -0.2) is 35.0 Å². The van der Waals surface area contributed by atoms with E-state index in [9.17, 15) is 4.79 Å². The minimum absolute atomic E-state index is 0.0437. The number of carbonyl (C=O) groups is 1. The second-order valence-corrected chi connectivity index (χ2v) is 3.60. The van der Waals surface area contributed by atoms with Crippen molar-refractivity contribution >= 4 is 5.97 Å². The number of aliphatic hydroxyl groups excluding tert-OH is 1. The summed E-state index contributed by atoms with van der Waals surface area (Å²) in [6.07, 6.45) is 0.956. The first-order chi connectivity index (χ1) is 5.13.